The van der Waals surface area contributed by atoms with Crippen LogP contribution in [-0.2, 0) is 26.7 Å². The molecule has 0 atom stereocenters. The van der Waals surface area contributed by atoms with Gasteiger partial charge in [-0.1, -0.05) is 37.8 Å². The molecule has 0 aliphatic carbocycles. The zero-order valence-corrected chi connectivity index (χ0v) is 37.2. The maximum atomic E-state index is 14.1. The zero-order chi connectivity index (χ0) is 46.9. The van der Waals surface area contributed by atoms with Gasteiger partial charge in [-0.15, -0.1) is 0 Å². The van der Waals surface area contributed by atoms with Crippen LogP contribution in [-0.4, -0.2) is 61.7 Å². The number of aromatic nitrogens is 6. The van der Waals surface area contributed by atoms with E-state index in [1.54, 1.807) is 60.7 Å². The van der Waals surface area contributed by atoms with E-state index in [0.29, 0.717) is 39.5 Å². The molecule has 344 valence electrons. The molecule has 0 aliphatic rings. The first kappa shape index (κ1) is 46.7. The first-order chi connectivity index (χ1) is 32.2. The molecule has 0 aliphatic heterocycles. The highest BCUT2D eigenvalue weighted by atomic mass is 32.2. The Bertz CT molecular complexity index is 3780. The van der Waals surface area contributed by atoms with E-state index in [-0.39, 0.29) is 41.2 Å². The number of carboxylic acids is 1. The van der Waals surface area contributed by atoms with Gasteiger partial charge in [0.25, 0.3) is 20.0 Å². The maximum absolute atomic E-state index is 14.1. The number of sulfonamides is 2. The quantitative estimate of drug-likeness (QED) is 0.0666. The van der Waals surface area contributed by atoms with Crippen LogP contribution >= 0.6 is 23.1 Å². The van der Waals surface area contributed by atoms with Gasteiger partial charge in [-0.2, -0.15) is 8.75 Å². The summed E-state index contributed by atoms with van der Waals surface area (Å²) in [5.41, 5.74) is 4.38. The molecule has 0 saturated heterocycles. The summed E-state index contributed by atoms with van der Waals surface area (Å²) in [5, 5.41) is 29.9. The van der Waals surface area contributed by atoms with Gasteiger partial charge in [0.1, 0.15) is 11.6 Å². The lowest BCUT2D eigenvalue weighted by molar-refractivity contribution is 0.0691. The van der Waals surface area contributed by atoms with Gasteiger partial charge in [0.2, 0.25) is 0 Å². The molecular formula is C45H34F2N10O7S4. The van der Waals surface area contributed by atoms with E-state index >= 15 is 0 Å². The summed E-state index contributed by atoms with van der Waals surface area (Å²) in [4.78, 5) is 28.2. The number of anilines is 6. The molecule has 0 bridgehead atoms. The van der Waals surface area contributed by atoms with Crippen LogP contribution in [0, 0.1) is 11.6 Å². The van der Waals surface area contributed by atoms with Crippen LogP contribution in [0.2, 0.25) is 0 Å². The predicted octanol–water partition coefficient (Wildman–Crippen LogP) is 9.67. The lowest BCUT2D eigenvalue weighted by Gasteiger charge is -2.14. The molecular weight excluding hydrogens is 959 g/mol. The van der Waals surface area contributed by atoms with E-state index in [0.717, 1.165) is 40.0 Å². The first-order valence-corrected chi connectivity index (χ1v) is 24.1. The summed E-state index contributed by atoms with van der Waals surface area (Å²) in [6, 6.07) is 30.8. The number of para-hydroxylation sites is 4. The van der Waals surface area contributed by atoms with Crippen LogP contribution in [0.5, 0.6) is 0 Å². The number of rotatable bonds is 12. The summed E-state index contributed by atoms with van der Waals surface area (Å²) in [6.45, 7) is -0.534. The predicted molar refractivity (Wildman–Crippen MR) is 259 cm³/mol. The van der Waals surface area contributed by atoms with Crippen molar-refractivity contribution in [1.82, 2.24) is 28.7 Å². The number of hydrogen-bond acceptors (Lipinski definition) is 16. The number of benzene rings is 6. The smallest absolute Gasteiger partial charge is 0.338 e. The summed E-state index contributed by atoms with van der Waals surface area (Å²) in [6.07, 6.45) is 0. The lowest BCUT2D eigenvalue weighted by Crippen LogP contribution is -2.16. The topological polar surface area (TPSA) is 251 Å². The normalized spacial score (nSPS) is 11.5. The number of carbonyl (C=O) groups is 1. The largest absolute Gasteiger partial charge is 0.478 e. The molecule has 0 spiro atoms. The summed E-state index contributed by atoms with van der Waals surface area (Å²) >= 11 is 2.66. The minimum atomic E-state index is -4.32. The van der Waals surface area contributed by atoms with Crippen LogP contribution in [0.15, 0.2) is 142 Å². The SMILES string of the molecule is C.O=C(O)c1ccc(S(=O)(=O)Nc2nc3ccccc3nc2Nc2ccc3nscc3c2)cc1F.O=S(=O)(Nc1nc2ccccc2nc1Nc1ccc2nscc2c1)c1ccc(CO)c(F)c1. The second-order valence-corrected chi connectivity index (χ2v) is 18.9. The Kier molecular flexibility index (Phi) is 13.2. The Morgan fingerprint density at radius 1 is 0.544 bits per heavy atom. The molecule has 0 saturated carbocycles. The average molecular weight is 993 g/mol. The third-order valence-electron chi connectivity index (χ3n) is 9.83. The van der Waals surface area contributed by atoms with E-state index in [9.17, 15) is 30.4 Å². The number of aliphatic hydroxyl groups is 1. The number of halogens is 2. The van der Waals surface area contributed by atoms with Crippen molar-refractivity contribution in [3.63, 3.8) is 0 Å². The third-order valence-corrected chi connectivity index (χ3v) is 13.8. The van der Waals surface area contributed by atoms with Crippen molar-refractivity contribution in [2.45, 2.75) is 23.8 Å². The summed E-state index contributed by atoms with van der Waals surface area (Å²) < 4.78 is 93.5. The molecule has 10 aromatic rings. The van der Waals surface area contributed by atoms with Crippen molar-refractivity contribution in [2.75, 3.05) is 20.1 Å². The Balaban J connectivity index is 0.000000181. The highest BCUT2D eigenvalue weighted by Crippen LogP contribution is 2.31. The molecule has 10 rings (SSSR count). The van der Waals surface area contributed by atoms with Gasteiger partial charge in [0.15, 0.2) is 23.3 Å². The Morgan fingerprint density at radius 3 is 1.38 bits per heavy atom. The standard InChI is InChI=1S/C22H14FN5O4S2.C22H16FN5O3S2.CH4/c23-16-10-14(6-7-15(16)22(29)30)34(31,32)28-21-20(25-18-3-1-2-4-19(18)26-21)24-13-5-8-17-12(9-13)11-33-27-17;23-17-10-16(7-5-13(17)11-29)33(30,31)28-22-21(25-19-3-1-2-4-20(19)26-22)24-15-6-8-18-14(9-15)12-32-27-18;/h1-11H,(H,24,25)(H,26,28)(H,29,30);1-10,12,29H,11H2,(H,24,25)(H,26,28);1H4. The number of nitrogens with one attached hydrogen (secondary N) is 4. The van der Waals surface area contributed by atoms with Crippen molar-refractivity contribution in [2.24, 2.45) is 0 Å². The molecule has 0 fully saturated rings. The number of carboxylic acid groups (broad SMARTS) is 1. The second-order valence-electron chi connectivity index (χ2n) is 14.3. The highest BCUT2D eigenvalue weighted by Gasteiger charge is 2.23. The molecule has 17 nitrogen and oxygen atoms in total. The maximum Gasteiger partial charge on any atom is 0.338 e. The second kappa shape index (κ2) is 19.2. The Labute approximate surface area is 393 Å². The third kappa shape index (κ3) is 9.96. The number of fused-ring (bicyclic) bond motifs is 4. The first-order valence-electron chi connectivity index (χ1n) is 19.5. The summed E-state index contributed by atoms with van der Waals surface area (Å²) in [7, 11) is -8.51. The minimum absolute atomic E-state index is 0. The molecule has 0 amide bonds. The number of aromatic carboxylic acids is 1. The van der Waals surface area contributed by atoms with Gasteiger partial charge in [0.05, 0.1) is 55.1 Å². The van der Waals surface area contributed by atoms with E-state index in [2.05, 4.69) is 48.8 Å². The molecule has 4 aromatic heterocycles. The van der Waals surface area contributed by atoms with E-state index < -0.39 is 54.7 Å². The molecule has 68 heavy (non-hydrogen) atoms. The Morgan fingerprint density at radius 2 is 0.971 bits per heavy atom. The van der Waals surface area contributed by atoms with E-state index in [1.807, 2.05) is 35.0 Å². The Hall–Kier alpha value is -7.83. The van der Waals surface area contributed by atoms with Crippen molar-refractivity contribution in [3.8, 4) is 0 Å². The monoisotopic (exact) mass is 992 g/mol. The van der Waals surface area contributed by atoms with Crippen molar-refractivity contribution in [1.29, 1.82) is 0 Å². The highest BCUT2D eigenvalue weighted by molar-refractivity contribution is 7.93. The van der Waals surface area contributed by atoms with Crippen LogP contribution in [0.25, 0.3) is 43.9 Å². The molecule has 0 radical (unpaired) electrons. The molecule has 4 heterocycles. The fourth-order valence-corrected chi connectivity index (χ4v) is 9.83. The van der Waals surface area contributed by atoms with Gasteiger partial charge in [-0.3, -0.25) is 9.44 Å². The molecule has 6 N–H and O–H groups in total. The average Bonchev–Trinajstić information content (AvgIpc) is 3.99. The fraction of sp³-hybridized carbons (Fsp3) is 0.0444. The van der Waals surface area contributed by atoms with Gasteiger partial charge in [-0.05, 0) is 114 Å². The van der Waals surface area contributed by atoms with Crippen molar-refractivity contribution < 1.29 is 40.6 Å². The van der Waals surface area contributed by atoms with Gasteiger partial charge < -0.3 is 20.8 Å². The van der Waals surface area contributed by atoms with Crippen LogP contribution in [0.4, 0.5) is 43.4 Å². The number of aliphatic hydroxyl groups excluding tert-OH is 1. The van der Waals surface area contributed by atoms with E-state index in [4.69, 9.17) is 10.2 Å². The number of nitrogens with zero attached hydrogens (tertiary/aromatic N) is 6. The molecule has 6 aromatic carbocycles. The minimum Gasteiger partial charge on any atom is -0.478 e. The van der Waals surface area contributed by atoms with E-state index in [1.165, 1.54) is 35.2 Å². The van der Waals surface area contributed by atoms with Gasteiger partial charge >= 0.3 is 5.97 Å². The lowest BCUT2D eigenvalue weighted by atomic mass is 10.2. The van der Waals surface area contributed by atoms with Crippen LogP contribution < -0.4 is 20.1 Å². The van der Waals surface area contributed by atoms with Crippen LogP contribution in [0.3, 0.4) is 0 Å². The zero-order valence-electron chi connectivity index (χ0n) is 33.9. The molecule has 0 unspecified atom stereocenters. The van der Waals surface area contributed by atoms with Gasteiger partial charge in [0, 0.05) is 38.5 Å². The van der Waals surface area contributed by atoms with Crippen LogP contribution in [0.1, 0.15) is 23.3 Å². The number of hydrogen-bond donors (Lipinski definition) is 6. The summed E-state index contributed by atoms with van der Waals surface area (Å²) in [5.74, 6) is -3.32. The van der Waals surface area contributed by atoms with Gasteiger partial charge in [-0.25, -0.2) is 50.3 Å². The fourth-order valence-electron chi connectivity index (χ4n) is 6.52. The van der Waals surface area contributed by atoms with Crippen molar-refractivity contribution in [3.05, 3.63) is 155 Å². The van der Waals surface area contributed by atoms with Crippen molar-refractivity contribution >= 4 is 128 Å². The molecule has 23 heteroatoms.